The van der Waals surface area contributed by atoms with Gasteiger partial charge in [-0.15, -0.1) is 0 Å². The highest BCUT2D eigenvalue weighted by molar-refractivity contribution is 5.82. The maximum Gasteiger partial charge on any atom is 0.407 e. The number of hydrogen-bond donors (Lipinski definition) is 2. The number of rotatable bonds is 6. The van der Waals surface area contributed by atoms with Crippen LogP contribution in [-0.2, 0) is 22.6 Å². The number of hydrogen-bond acceptors (Lipinski definition) is 4. The zero-order valence-corrected chi connectivity index (χ0v) is 19.6. The van der Waals surface area contributed by atoms with Crippen LogP contribution in [-0.4, -0.2) is 41.6 Å². The average Bonchev–Trinajstić information content (AvgIpc) is 2.79. The summed E-state index contributed by atoms with van der Waals surface area (Å²) in [6.45, 7) is 6.96. The molecule has 3 N–H and O–H groups in total. The van der Waals surface area contributed by atoms with Gasteiger partial charge in [-0.25, -0.2) is 9.18 Å². The minimum atomic E-state index is -0.603. The summed E-state index contributed by atoms with van der Waals surface area (Å²) >= 11 is 0. The van der Waals surface area contributed by atoms with Crippen molar-refractivity contribution in [1.82, 2.24) is 10.2 Å². The molecule has 0 bridgehead atoms. The summed E-state index contributed by atoms with van der Waals surface area (Å²) in [5, 5.41) is 3.06. The van der Waals surface area contributed by atoms with Gasteiger partial charge in [0.2, 0.25) is 5.91 Å². The predicted molar refractivity (Wildman–Crippen MR) is 126 cm³/mol. The van der Waals surface area contributed by atoms with E-state index >= 15 is 0 Å². The van der Waals surface area contributed by atoms with Crippen molar-refractivity contribution in [2.24, 2.45) is 11.1 Å². The molecule has 0 aliphatic carbocycles. The van der Waals surface area contributed by atoms with Gasteiger partial charge in [0.15, 0.2) is 0 Å². The fraction of sp³-hybridized carbons (Fsp3) is 0.462. The first-order chi connectivity index (χ1) is 15.6. The van der Waals surface area contributed by atoms with Gasteiger partial charge in [-0.2, -0.15) is 0 Å². The third kappa shape index (κ3) is 6.78. The molecule has 1 fully saturated rings. The molecule has 1 atom stereocenters. The Balaban J connectivity index is 1.69. The quantitative estimate of drug-likeness (QED) is 0.689. The number of benzene rings is 2. The molecule has 2 aromatic rings. The second-order valence-electron chi connectivity index (χ2n) is 9.94. The Morgan fingerprint density at radius 1 is 1.06 bits per heavy atom. The van der Waals surface area contributed by atoms with E-state index in [1.165, 1.54) is 12.1 Å². The molecule has 0 radical (unpaired) electrons. The van der Waals surface area contributed by atoms with Crippen molar-refractivity contribution in [2.45, 2.75) is 58.2 Å². The standard InChI is InChI=1S/C26H34FN3O3/c1-25(2,3)22(28)23(31)30-15-13-26(14-16-30,17-19-9-11-21(27)12-10-19)29-24(32)33-18-20-7-5-4-6-8-20/h4-12,22H,13-18,28H2,1-3H3,(H,29,32)/t22-/m1/s1. The number of nitrogens with one attached hydrogen (secondary N) is 1. The van der Waals surface area contributed by atoms with Crippen LogP contribution in [0.2, 0.25) is 0 Å². The highest BCUT2D eigenvalue weighted by atomic mass is 19.1. The largest absolute Gasteiger partial charge is 0.445 e. The minimum Gasteiger partial charge on any atom is -0.445 e. The van der Waals surface area contributed by atoms with Crippen molar-refractivity contribution in [3.05, 3.63) is 71.5 Å². The molecule has 0 aromatic heterocycles. The van der Waals surface area contributed by atoms with Crippen LogP contribution in [0.4, 0.5) is 9.18 Å². The number of ether oxygens (including phenoxy) is 1. The van der Waals surface area contributed by atoms with Gasteiger partial charge in [0, 0.05) is 13.1 Å². The lowest BCUT2D eigenvalue weighted by Gasteiger charge is -2.43. The first kappa shape index (κ1) is 24.7. The maximum atomic E-state index is 13.4. The molecule has 0 spiro atoms. The fourth-order valence-electron chi connectivity index (χ4n) is 4.04. The summed E-state index contributed by atoms with van der Waals surface area (Å²) in [6.07, 6.45) is 1.11. The van der Waals surface area contributed by atoms with Crippen LogP contribution in [0.1, 0.15) is 44.7 Å². The van der Waals surface area contributed by atoms with E-state index in [9.17, 15) is 14.0 Å². The minimum absolute atomic E-state index is 0.0791. The zero-order valence-electron chi connectivity index (χ0n) is 19.6. The predicted octanol–water partition coefficient (Wildman–Crippen LogP) is 4.03. The number of carbonyl (C=O) groups is 2. The number of alkyl carbamates (subject to hydrolysis) is 1. The maximum absolute atomic E-state index is 13.4. The Bertz CT molecular complexity index is 934. The van der Waals surface area contributed by atoms with E-state index in [0.29, 0.717) is 32.4 Å². The lowest BCUT2D eigenvalue weighted by atomic mass is 9.80. The highest BCUT2D eigenvalue weighted by Gasteiger charge is 2.40. The van der Waals surface area contributed by atoms with Gasteiger partial charge in [-0.1, -0.05) is 63.2 Å². The van der Waals surface area contributed by atoms with Gasteiger partial charge in [-0.05, 0) is 47.9 Å². The molecule has 0 saturated carbocycles. The van der Waals surface area contributed by atoms with E-state index in [-0.39, 0.29) is 23.7 Å². The van der Waals surface area contributed by atoms with Crippen molar-refractivity contribution in [3.63, 3.8) is 0 Å². The van der Waals surface area contributed by atoms with Gasteiger partial charge in [-0.3, -0.25) is 4.79 Å². The van der Waals surface area contributed by atoms with Crippen molar-refractivity contribution < 1.29 is 18.7 Å². The highest BCUT2D eigenvalue weighted by Crippen LogP contribution is 2.29. The summed E-state index contributed by atoms with van der Waals surface area (Å²) in [4.78, 5) is 27.3. The Kier molecular flexibility index (Phi) is 7.74. The van der Waals surface area contributed by atoms with Crippen LogP contribution in [0.3, 0.4) is 0 Å². The van der Waals surface area contributed by atoms with E-state index in [1.807, 2.05) is 51.1 Å². The molecule has 33 heavy (non-hydrogen) atoms. The summed E-state index contributed by atoms with van der Waals surface area (Å²) < 4.78 is 18.9. The smallest absolute Gasteiger partial charge is 0.407 e. The van der Waals surface area contributed by atoms with E-state index < -0.39 is 17.7 Å². The Morgan fingerprint density at radius 2 is 1.67 bits per heavy atom. The Hall–Kier alpha value is -2.93. The lowest BCUT2D eigenvalue weighted by Crippen LogP contribution is -2.60. The van der Waals surface area contributed by atoms with Crippen LogP contribution in [0.15, 0.2) is 54.6 Å². The SMILES string of the molecule is CC(C)(C)[C@H](N)C(=O)N1CCC(Cc2ccc(F)cc2)(NC(=O)OCc2ccccc2)CC1. The molecule has 6 nitrogen and oxygen atoms in total. The number of nitrogens with zero attached hydrogens (tertiary/aromatic N) is 1. The molecule has 2 aromatic carbocycles. The van der Waals surface area contributed by atoms with Crippen LogP contribution in [0.25, 0.3) is 0 Å². The van der Waals surface area contributed by atoms with E-state index in [0.717, 1.165) is 11.1 Å². The topological polar surface area (TPSA) is 84.7 Å². The third-order valence-corrected chi connectivity index (χ3v) is 6.27. The van der Waals surface area contributed by atoms with E-state index in [2.05, 4.69) is 5.32 Å². The number of amides is 2. The van der Waals surface area contributed by atoms with E-state index in [4.69, 9.17) is 10.5 Å². The average molecular weight is 456 g/mol. The molecule has 1 aliphatic rings. The van der Waals surface area contributed by atoms with Gasteiger partial charge in [0.25, 0.3) is 0 Å². The third-order valence-electron chi connectivity index (χ3n) is 6.27. The fourth-order valence-corrected chi connectivity index (χ4v) is 4.04. The zero-order chi connectivity index (χ0) is 24.1. The van der Waals surface area contributed by atoms with Crippen LogP contribution < -0.4 is 11.1 Å². The first-order valence-corrected chi connectivity index (χ1v) is 11.4. The van der Waals surface area contributed by atoms with E-state index in [1.54, 1.807) is 17.0 Å². The second kappa shape index (κ2) is 10.3. The first-order valence-electron chi connectivity index (χ1n) is 11.4. The summed E-state index contributed by atoms with van der Waals surface area (Å²) in [6, 6.07) is 15.2. The molecular weight excluding hydrogens is 421 g/mol. The van der Waals surface area contributed by atoms with Crippen LogP contribution >= 0.6 is 0 Å². The van der Waals surface area contributed by atoms with Crippen LogP contribution in [0.5, 0.6) is 0 Å². The number of nitrogens with two attached hydrogens (primary N) is 1. The molecule has 178 valence electrons. The van der Waals surface area contributed by atoms with Crippen LogP contribution in [0, 0.1) is 11.2 Å². The summed E-state index contributed by atoms with van der Waals surface area (Å²) in [5.41, 5.74) is 7.06. The normalized spacial score (nSPS) is 16.7. The van der Waals surface area contributed by atoms with Gasteiger partial charge in [0.1, 0.15) is 12.4 Å². The monoisotopic (exact) mass is 455 g/mol. The molecule has 0 unspecified atom stereocenters. The van der Waals surface area contributed by atoms with Gasteiger partial charge in [0.05, 0.1) is 11.6 Å². The second-order valence-corrected chi connectivity index (χ2v) is 9.94. The molecular formula is C26H34FN3O3. The van der Waals surface area contributed by atoms with Crippen molar-refractivity contribution in [1.29, 1.82) is 0 Å². The molecule has 1 aliphatic heterocycles. The molecule has 3 rings (SSSR count). The number of likely N-dealkylation sites (tertiary alicyclic amines) is 1. The van der Waals surface area contributed by atoms with Crippen molar-refractivity contribution >= 4 is 12.0 Å². The Morgan fingerprint density at radius 3 is 2.24 bits per heavy atom. The van der Waals surface area contributed by atoms with Crippen molar-refractivity contribution in [2.75, 3.05) is 13.1 Å². The number of halogens is 1. The molecule has 7 heteroatoms. The Labute approximate surface area is 195 Å². The molecule has 1 saturated heterocycles. The number of carbonyl (C=O) groups excluding carboxylic acids is 2. The molecule has 1 heterocycles. The summed E-state index contributed by atoms with van der Waals surface area (Å²) in [5.74, 6) is -0.385. The summed E-state index contributed by atoms with van der Waals surface area (Å²) in [7, 11) is 0. The van der Waals surface area contributed by atoms with Crippen molar-refractivity contribution in [3.8, 4) is 0 Å². The molecule has 2 amide bonds. The lowest BCUT2D eigenvalue weighted by molar-refractivity contribution is -0.136. The number of piperidine rings is 1. The van der Waals surface area contributed by atoms with Gasteiger partial charge < -0.3 is 20.7 Å². The van der Waals surface area contributed by atoms with Gasteiger partial charge >= 0.3 is 6.09 Å².